The average Bonchev–Trinajstić information content (AvgIpc) is 2.44. The molecule has 0 aromatic carbocycles. The van der Waals surface area contributed by atoms with E-state index in [4.69, 9.17) is 0 Å². The molecule has 2 rings (SSSR count). The second kappa shape index (κ2) is 7.22. The van der Waals surface area contributed by atoms with E-state index in [2.05, 4.69) is 17.2 Å². The molecule has 0 saturated heterocycles. The van der Waals surface area contributed by atoms with Crippen LogP contribution in [0.4, 0.5) is 5.82 Å². The van der Waals surface area contributed by atoms with Crippen LogP contribution in [-0.4, -0.2) is 37.3 Å². The molecular weight excluding hydrogens is 286 g/mol. The highest BCUT2D eigenvalue weighted by Gasteiger charge is 2.28. The Morgan fingerprint density at radius 2 is 2.10 bits per heavy atom. The molecule has 118 valence electrons. The van der Waals surface area contributed by atoms with Gasteiger partial charge in [0, 0.05) is 25.8 Å². The summed E-state index contributed by atoms with van der Waals surface area (Å²) in [5.74, 6) is 1.25. The molecule has 0 bridgehead atoms. The number of anilines is 1. The lowest BCUT2D eigenvalue weighted by atomic mass is 9.85. The van der Waals surface area contributed by atoms with Gasteiger partial charge in [0.2, 0.25) is 10.0 Å². The molecule has 6 heteroatoms. The van der Waals surface area contributed by atoms with Crippen molar-refractivity contribution in [3.05, 3.63) is 18.3 Å². The molecule has 1 aromatic heterocycles. The smallest absolute Gasteiger partial charge is 0.244 e. The lowest BCUT2D eigenvalue weighted by Crippen LogP contribution is -2.37. The van der Waals surface area contributed by atoms with E-state index < -0.39 is 10.0 Å². The van der Waals surface area contributed by atoms with Gasteiger partial charge in [-0.3, -0.25) is 0 Å². The van der Waals surface area contributed by atoms with Gasteiger partial charge in [0.15, 0.2) is 0 Å². The largest absolute Gasteiger partial charge is 0.370 e. The molecule has 1 aromatic rings. The number of rotatable bonds is 8. The lowest BCUT2D eigenvalue weighted by molar-refractivity contribution is 0.250. The van der Waals surface area contributed by atoms with Crippen molar-refractivity contribution in [2.24, 2.45) is 5.92 Å². The number of nitrogens with one attached hydrogen (secondary N) is 1. The quantitative estimate of drug-likeness (QED) is 0.802. The molecule has 1 N–H and O–H groups in total. The topological polar surface area (TPSA) is 62.3 Å². The highest BCUT2D eigenvalue weighted by molar-refractivity contribution is 7.89. The molecule has 0 spiro atoms. The summed E-state index contributed by atoms with van der Waals surface area (Å²) in [6.45, 7) is 5.94. The van der Waals surface area contributed by atoms with Crippen LogP contribution in [0.15, 0.2) is 23.2 Å². The fraction of sp³-hybridized carbons (Fsp3) is 0.667. The van der Waals surface area contributed by atoms with Crippen LogP contribution in [0.3, 0.4) is 0 Å². The zero-order valence-electron chi connectivity index (χ0n) is 12.9. The number of hydrogen-bond acceptors (Lipinski definition) is 4. The fourth-order valence-electron chi connectivity index (χ4n) is 2.40. The van der Waals surface area contributed by atoms with Gasteiger partial charge >= 0.3 is 0 Å². The number of pyridine rings is 1. The molecule has 1 heterocycles. The fourth-order valence-corrected chi connectivity index (χ4v) is 3.87. The van der Waals surface area contributed by atoms with Crippen molar-refractivity contribution in [3.63, 3.8) is 0 Å². The molecule has 5 nitrogen and oxygen atoms in total. The van der Waals surface area contributed by atoms with E-state index in [0.717, 1.165) is 31.6 Å². The van der Waals surface area contributed by atoms with Gasteiger partial charge in [-0.1, -0.05) is 20.3 Å². The van der Waals surface area contributed by atoms with Gasteiger partial charge in [0.05, 0.1) is 0 Å². The standard InChI is InChI=1S/C15H25N3O2S/c1-3-10-16-15-9-8-14(11-17-15)21(19,20)18(4-2)12-13-6-5-7-13/h8-9,11,13H,3-7,10,12H2,1-2H3,(H,16,17). The van der Waals surface area contributed by atoms with Crippen LogP contribution in [0, 0.1) is 5.92 Å². The van der Waals surface area contributed by atoms with Crippen molar-refractivity contribution in [1.29, 1.82) is 0 Å². The molecule has 0 amide bonds. The minimum absolute atomic E-state index is 0.283. The first-order chi connectivity index (χ1) is 10.1. The number of hydrogen-bond donors (Lipinski definition) is 1. The molecule has 21 heavy (non-hydrogen) atoms. The molecule has 0 aliphatic heterocycles. The Hall–Kier alpha value is -1.14. The van der Waals surface area contributed by atoms with Crippen molar-refractivity contribution in [2.45, 2.75) is 44.4 Å². The molecule has 1 saturated carbocycles. The molecule has 1 aliphatic carbocycles. The van der Waals surface area contributed by atoms with E-state index >= 15 is 0 Å². The minimum atomic E-state index is -3.42. The average molecular weight is 311 g/mol. The van der Waals surface area contributed by atoms with Crippen LogP contribution in [0.1, 0.15) is 39.5 Å². The van der Waals surface area contributed by atoms with E-state index in [1.165, 1.54) is 12.6 Å². The van der Waals surface area contributed by atoms with Gasteiger partial charge in [-0.05, 0) is 37.3 Å². The monoisotopic (exact) mass is 311 g/mol. The van der Waals surface area contributed by atoms with Crippen LogP contribution >= 0.6 is 0 Å². The lowest BCUT2D eigenvalue weighted by Gasteiger charge is -2.31. The van der Waals surface area contributed by atoms with E-state index in [9.17, 15) is 8.42 Å². The third-order valence-electron chi connectivity index (χ3n) is 3.97. The van der Waals surface area contributed by atoms with Gasteiger partial charge in [0.25, 0.3) is 0 Å². The van der Waals surface area contributed by atoms with Crippen molar-refractivity contribution in [3.8, 4) is 0 Å². The number of nitrogens with zero attached hydrogens (tertiary/aromatic N) is 2. The summed E-state index contributed by atoms with van der Waals surface area (Å²) < 4.78 is 26.8. The van der Waals surface area contributed by atoms with Crippen molar-refractivity contribution < 1.29 is 8.42 Å². The molecular formula is C15H25N3O2S. The van der Waals surface area contributed by atoms with E-state index in [1.54, 1.807) is 16.4 Å². The maximum absolute atomic E-state index is 12.6. The summed E-state index contributed by atoms with van der Waals surface area (Å²) in [6, 6.07) is 3.38. The van der Waals surface area contributed by atoms with Crippen molar-refractivity contribution in [1.82, 2.24) is 9.29 Å². The van der Waals surface area contributed by atoms with Crippen LogP contribution in [0.2, 0.25) is 0 Å². The maximum Gasteiger partial charge on any atom is 0.244 e. The summed E-state index contributed by atoms with van der Waals surface area (Å²) in [5, 5.41) is 3.15. The molecule has 1 fully saturated rings. The Balaban J connectivity index is 2.09. The summed E-state index contributed by atoms with van der Waals surface area (Å²) in [4.78, 5) is 4.48. The maximum atomic E-state index is 12.6. The predicted molar refractivity (Wildman–Crippen MR) is 84.8 cm³/mol. The summed E-state index contributed by atoms with van der Waals surface area (Å²) in [6.07, 6.45) is 5.97. The molecule has 1 aliphatic rings. The van der Waals surface area contributed by atoms with E-state index in [1.807, 2.05) is 6.92 Å². The van der Waals surface area contributed by atoms with E-state index in [-0.39, 0.29) is 4.90 Å². The van der Waals surface area contributed by atoms with Gasteiger partial charge in [-0.2, -0.15) is 4.31 Å². The highest BCUT2D eigenvalue weighted by Crippen LogP contribution is 2.29. The van der Waals surface area contributed by atoms with Crippen molar-refractivity contribution in [2.75, 3.05) is 25.0 Å². The van der Waals surface area contributed by atoms with Gasteiger partial charge in [-0.15, -0.1) is 0 Å². The Kier molecular flexibility index (Phi) is 5.58. The predicted octanol–water partition coefficient (Wildman–Crippen LogP) is 2.71. The SMILES string of the molecule is CCCNc1ccc(S(=O)(=O)N(CC)CC2CCC2)cn1. The zero-order valence-corrected chi connectivity index (χ0v) is 13.7. The van der Waals surface area contributed by atoms with E-state index in [0.29, 0.717) is 19.0 Å². The molecule has 0 radical (unpaired) electrons. The summed E-state index contributed by atoms with van der Waals surface area (Å²) >= 11 is 0. The van der Waals surface area contributed by atoms with Gasteiger partial charge < -0.3 is 5.32 Å². The second-order valence-electron chi connectivity index (χ2n) is 5.56. The zero-order chi connectivity index (χ0) is 15.3. The summed E-state index contributed by atoms with van der Waals surface area (Å²) in [7, 11) is -3.42. The van der Waals surface area contributed by atoms with Crippen LogP contribution < -0.4 is 5.32 Å². The third-order valence-corrected chi connectivity index (χ3v) is 5.89. The minimum Gasteiger partial charge on any atom is -0.370 e. The van der Waals surface area contributed by atoms with Crippen LogP contribution in [-0.2, 0) is 10.0 Å². The second-order valence-corrected chi connectivity index (χ2v) is 7.50. The molecule has 0 atom stereocenters. The number of sulfonamides is 1. The normalized spacial score (nSPS) is 16.0. The summed E-state index contributed by atoms with van der Waals surface area (Å²) in [5.41, 5.74) is 0. The first-order valence-electron chi connectivity index (χ1n) is 7.78. The highest BCUT2D eigenvalue weighted by atomic mass is 32.2. The van der Waals surface area contributed by atoms with Gasteiger partial charge in [0.1, 0.15) is 10.7 Å². The van der Waals surface area contributed by atoms with Crippen LogP contribution in [0.5, 0.6) is 0 Å². The Labute approximate surface area is 127 Å². The first kappa shape index (κ1) is 16.2. The third kappa shape index (κ3) is 3.95. The Morgan fingerprint density at radius 3 is 2.57 bits per heavy atom. The molecule has 0 unspecified atom stereocenters. The van der Waals surface area contributed by atoms with Gasteiger partial charge in [-0.25, -0.2) is 13.4 Å². The Bertz CT molecular complexity index is 539. The number of aromatic nitrogens is 1. The first-order valence-corrected chi connectivity index (χ1v) is 9.22. The Morgan fingerprint density at radius 1 is 1.33 bits per heavy atom. The van der Waals surface area contributed by atoms with Crippen molar-refractivity contribution >= 4 is 15.8 Å². The van der Waals surface area contributed by atoms with Crippen LogP contribution in [0.25, 0.3) is 0 Å².